The first kappa shape index (κ1) is 17.4. The number of benzene rings is 1. The molecule has 2 aromatic rings. The molecule has 1 fully saturated rings. The van der Waals surface area contributed by atoms with E-state index in [0.29, 0.717) is 6.04 Å². The molecule has 1 N–H and O–H groups in total. The first-order chi connectivity index (χ1) is 11.6. The molecular formula is C20H26N2S2. The van der Waals surface area contributed by atoms with Gasteiger partial charge in [0.15, 0.2) is 5.11 Å². The minimum atomic E-state index is 0.562. The van der Waals surface area contributed by atoms with E-state index < -0.39 is 0 Å². The smallest absolute Gasteiger partial charge is 0.174 e. The number of thiocarbonyl (C=S) groups is 1. The third-order valence-corrected chi connectivity index (χ3v) is 5.85. The molecule has 4 heteroatoms. The van der Waals surface area contributed by atoms with Gasteiger partial charge in [0.05, 0.1) is 6.54 Å². The van der Waals surface area contributed by atoms with Gasteiger partial charge in [0.25, 0.3) is 0 Å². The molecule has 0 amide bonds. The van der Waals surface area contributed by atoms with E-state index in [0.717, 1.165) is 17.3 Å². The molecule has 0 bridgehead atoms. The lowest BCUT2D eigenvalue weighted by atomic mass is 9.94. The summed E-state index contributed by atoms with van der Waals surface area (Å²) in [7, 11) is 0. The van der Waals surface area contributed by atoms with E-state index in [2.05, 4.69) is 59.8 Å². The summed E-state index contributed by atoms with van der Waals surface area (Å²) in [6.07, 6.45) is 6.50. The number of aryl methyl sites for hydroxylation is 2. The van der Waals surface area contributed by atoms with Crippen LogP contribution in [0.5, 0.6) is 0 Å². The molecule has 1 aromatic carbocycles. The highest BCUT2D eigenvalue weighted by atomic mass is 32.1. The van der Waals surface area contributed by atoms with E-state index in [4.69, 9.17) is 12.2 Å². The summed E-state index contributed by atoms with van der Waals surface area (Å²) < 4.78 is 0. The lowest BCUT2D eigenvalue weighted by Gasteiger charge is -2.36. The van der Waals surface area contributed by atoms with Crippen LogP contribution >= 0.6 is 23.6 Å². The van der Waals surface area contributed by atoms with Gasteiger partial charge in [0.2, 0.25) is 0 Å². The lowest BCUT2D eigenvalue weighted by molar-refractivity contribution is 0.242. The molecule has 0 atom stereocenters. The van der Waals surface area contributed by atoms with Crippen LogP contribution in [-0.2, 0) is 6.54 Å². The van der Waals surface area contributed by atoms with Crippen LogP contribution in [0.1, 0.15) is 48.1 Å². The van der Waals surface area contributed by atoms with E-state index in [9.17, 15) is 0 Å². The Morgan fingerprint density at radius 2 is 1.88 bits per heavy atom. The monoisotopic (exact) mass is 358 g/mol. The lowest BCUT2D eigenvalue weighted by Crippen LogP contribution is -2.43. The summed E-state index contributed by atoms with van der Waals surface area (Å²) in [5.41, 5.74) is 3.63. The van der Waals surface area contributed by atoms with Gasteiger partial charge in [-0.1, -0.05) is 31.4 Å². The molecule has 0 saturated heterocycles. The first-order valence-electron chi connectivity index (χ1n) is 8.80. The molecule has 128 valence electrons. The summed E-state index contributed by atoms with van der Waals surface area (Å²) in [5.74, 6) is 0. The molecule has 3 rings (SSSR count). The number of thiophene rings is 1. The number of hydrogen-bond acceptors (Lipinski definition) is 2. The first-order valence-corrected chi connectivity index (χ1v) is 10.1. The van der Waals surface area contributed by atoms with Crippen molar-refractivity contribution in [3.05, 3.63) is 51.7 Å². The van der Waals surface area contributed by atoms with E-state index in [1.54, 1.807) is 0 Å². The molecule has 0 unspecified atom stereocenters. The number of hydrogen-bond donors (Lipinski definition) is 1. The van der Waals surface area contributed by atoms with Crippen molar-refractivity contribution in [2.75, 3.05) is 5.32 Å². The zero-order valence-corrected chi connectivity index (χ0v) is 16.2. The second-order valence-corrected chi connectivity index (χ2v) is 8.22. The molecule has 1 aromatic heterocycles. The largest absolute Gasteiger partial charge is 0.341 e. The Labute approximate surface area is 154 Å². The van der Waals surface area contributed by atoms with Crippen LogP contribution < -0.4 is 5.32 Å². The van der Waals surface area contributed by atoms with Crippen molar-refractivity contribution in [3.8, 4) is 0 Å². The second kappa shape index (κ2) is 8.13. The van der Waals surface area contributed by atoms with Crippen LogP contribution in [0, 0.1) is 13.8 Å². The van der Waals surface area contributed by atoms with Crippen molar-refractivity contribution in [1.29, 1.82) is 0 Å². The van der Waals surface area contributed by atoms with Gasteiger partial charge in [-0.25, -0.2) is 0 Å². The van der Waals surface area contributed by atoms with E-state index in [1.807, 2.05) is 11.3 Å². The van der Waals surface area contributed by atoms with Crippen molar-refractivity contribution in [2.45, 2.75) is 58.5 Å². The van der Waals surface area contributed by atoms with Crippen LogP contribution in [0.4, 0.5) is 5.69 Å². The molecular weight excluding hydrogens is 332 g/mol. The minimum Gasteiger partial charge on any atom is -0.341 e. The maximum Gasteiger partial charge on any atom is 0.174 e. The highest BCUT2D eigenvalue weighted by Gasteiger charge is 2.24. The molecule has 24 heavy (non-hydrogen) atoms. The zero-order valence-electron chi connectivity index (χ0n) is 14.5. The van der Waals surface area contributed by atoms with Crippen molar-refractivity contribution < 1.29 is 0 Å². The van der Waals surface area contributed by atoms with Gasteiger partial charge in [-0.15, -0.1) is 11.3 Å². The molecule has 1 saturated carbocycles. The molecule has 1 aliphatic carbocycles. The van der Waals surface area contributed by atoms with Crippen LogP contribution in [0.15, 0.2) is 35.7 Å². The summed E-state index contributed by atoms with van der Waals surface area (Å²) in [4.78, 5) is 3.79. The Kier molecular flexibility index (Phi) is 5.90. The highest BCUT2D eigenvalue weighted by Crippen LogP contribution is 2.26. The van der Waals surface area contributed by atoms with Crippen LogP contribution in [0.2, 0.25) is 0 Å². The maximum absolute atomic E-state index is 5.82. The Morgan fingerprint density at radius 3 is 2.50 bits per heavy atom. The fourth-order valence-corrected chi connectivity index (χ4v) is 4.61. The zero-order chi connectivity index (χ0) is 16.9. The fourth-order valence-electron chi connectivity index (χ4n) is 3.57. The summed E-state index contributed by atoms with van der Waals surface area (Å²) >= 11 is 7.63. The van der Waals surface area contributed by atoms with Crippen LogP contribution in [0.25, 0.3) is 0 Å². The Hall–Kier alpha value is -1.39. The van der Waals surface area contributed by atoms with Gasteiger partial charge in [0, 0.05) is 16.6 Å². The van der Waals surface area contributed by atoms with Gasteiger partial charge >= 0.3 is 0 Å². The van der Waals surface area contributed by atoms with Crippen molar-refractivity contribution >= 4 is 34.4 Å². The summed E-state index contributed by atoms with van der Waals surface area (Å²) in [5, 5.41) is 6.50. The Morgan fingerprint density at radius 1 is 1.17 bits per heavy atom. The third-order valence-electron chi connectivity index (χ3n) is 4.66. The minimum absolute atomic E-state index is 0.562. The average molecular weight is 359 g/mol. The topological polar surface area (TPSA) is 15.3 Å². The molecule has 0 radical (unpaired) electrons. The van der Waals surface area contributed by atoms with E-state index in [1.165, 1.54) is 48.1 Å². The number of nitrogens with zero attached hydrogens (tertiary/aromatic N) is 1. The van der Waals surface area contributed by atoms with Gasteiger partial charge in [0.1, 0.15) is 0 Å². The number of rotatable bonds is 4. The van der Waals surface area contributed by atoms with Crippen molar-refractivity contribution in [1.82, 2.24) is 4.90 Å². The summed E-state index contributed by atoms with van der Waals surface area (Å²) in [6, 6.07) is 11.4. The summed E-state index contributed by atoms with van der Waals surface area (Å²) in [6.45, 7) is 5.18. The predicted octanol–water partition coefficient (Wildman–Crippen LogP) is 5.90. The molecule has 0 aliphatic heterocycles. The SMILES string of the molecule is Cc1cc(C)cc(NC(=S)N(Cc2cccs2)C2CCCCC2)c1. The highest BCUT2D eigenvalue weighted by molar-refractivity contribution is 7.80. The average Bonchev–Trinajstić information content (AvgIpc) is 3.05. The van der Waals surface area contributed by atoms with Gasteiger partial charge < -0.3 is 10.2 Å². The molecule has 1 heterocycles. The fraction of sp³-hybridized carbons (Fsp3) is 0.450. The quantitative estimate of drug-likeness (QED) is 0.685. The Balaban J connectivity index is 1.76. The molecule has 2 nitrogen and oxygen atoms in total. The predicted molar refractivity (Wildman–Crippen MR) is 109 cm³/mol. The van der Waals surface area contributed by atoms with E-state index in [-0.39, 0.29) is 0 Å². The van der Waals surface area contributed by atoms with Gasteiger partial charge in [-0.05, 0) is 73.6 Å². The number of nitrogens with one attached hydrogen (secondary N) is 1. The van der Waals surface area contributed by atoms with Gasteiger partial charge in [-0.3, -0.25) is 0 Å². The normalized spacial score (nSPS) is 15.2. The third kappa shape index (κ3) is 4.58. The van der Waals surface area contributed by atoms with Gasteiger partial charge in [-0.2, -0.15) is 0 Å². The van der Waals surface area contributed by atoms with Crippen molar-refractivity contribution in [3.63, 3.8) is 0 Å². The standard InChI is InChI=1S/C20H26N2S2/c1-15-11-16(2)13-17(12-15)21-20(23)22(14-19-9-6-10-24-19)18-7-4-3-5-8-18/h6,9-13,18H,3-5,7-8,14H2,1-2H3,(H,21,23). The molecule has 0 spiro atoms. The van der Waals surface area contributed by atoms with Crippen molar-refractivity contribution in [2.24, 2.45) is 0 Å². The second-order valence-electron chi connectivity index (χ2n) is 6.81. The number of anilines is 1. The maximum atomic E-state index is 5.82. The van der Waals surface area contributed by atoms with Crippen LogP contribution in [-0.4, -0.2) is 16.1 Å². The Bertz CT molecular complexity index is 653. The molecule has 1 aliphatic rings. The van der Waals surface area contributed by atoms with E-state index >= 15 is 0 Å². The van der Waals surface area contributed by atoms with Crippen LogP contribution in [0.3, 0.4) is 0 Å².